The van der Waals surface area contributed by atoms with Crippen LogP contribution in [-0.2, 0) is 9.59 Å². The summed E-state index contributed by atoms with van der Waals surface area (Å²) in [7, 11) is 0. The highest BCUT2D eigenvalue weighted by Crippen LogP contribution is 2.40. The van der Waals surface area contributed by atoms with Gasteiger partial charge in [0.2, 0.25) is 17.7 Å². The van der Waals surface area contributed by atoms with Crippen molar-refractivity contribution in [2.24, 2.45) is 11.8 Å². The number of likely N-dealkylation sites (tertiary alicyclic amines) is 1. The molecule has 1 aromatic heterocycles. The van der Waals surface area contributed by atoms with Crippen molar-refractivity contribution < 1.29 is 31.9 Å². The maximum atomic E-state index is 14.7. The van der Waals surface area contributed by atoms with Crippen molar-refractivity contribution in [1.82, 2.24) is 20.2 Å². The van der Waals surface area contributed by atoms with Gasteiger partial charge in [-0.25, -0.2) is 27.5 Å². The average molecular weight is 495 g/mol. The molecular formula is C23H25F4N5O3. The Bertz CT molecular complexity index is 1080. The Morgan fingerprint density at radius 2 is 2.09 bits per heavy atom. The molecule has 3 heterocycles. The zero-order valence-corrected chi connectivity index (χ0v) is 18.9. The Morgan fingerprint density at radius 3 is 2.74 bits per heavy atom. The van der Waals surface area contributed by atoms with E-state index < -0.39 is 35.4 Å². The van der Waals surface area contributed by atoms with Crippen LogP contribution in [0, 0.1) is 23.5 Å². The van der Waals surface area contributed by atoms with E-state index in [2.05, 4.69) is 20.6 Å². The van der Waals surface area contributed by atoms with Crippen molar-refractivity contribution in [3.8, 4) is 11.6 Å². The first-order valence-electron chi connectivity index (χ1n) is 11.3. The number of ether oxygens (including phenoxy) is 1. The number of hydrogen-bond donors (Lipinski definition) is 2. The second kappa shape index (κ2) is 10.1. The molecule has 0 spiro atoms. The second-order valence-electron chi connectivity index (χ2n) is 8.80. The number of amides is 2. The van der Waals surface area contributed by atoms with Crippen molar-refractivity contribution in [3.63, 3.8) is 0 Å². The number of carbonyl (C=O) groups excluding carboxylic acids is 2. The van der Waals surface area contributed by atoms with E-state index in [-0.39, 0.29) is 61.7 Å². The molecule has 2 aliphatic heterocycles. The molecule has 2 aromatic rings. The molecule has 2 N–H and O–H groups in total. The van der Waals surface area contributed by atoms with Crippen LogP contribution >= 0.6 is 0 Å². The minimum absolute atomic E-state index is 0.0316. The number of benzene rings is 1. The van der Waals surface area contributed by atoms with Crippen molar-refractivity contribution in [2.75, 3.05) is 25.0 Å². The molecule has 2 aliphatic rings. The average Bonchev–Trinajstić information content (AvgIpc) is 2.82. The summed E-state index contributed by atoms with van der Waals surface area (Å²) in [5.41, 5.74) is 0. The lowest BCUT2D eigenvalue weighted by Gasteiger charge is -2.44. The Hall–Kier alpha value is -3.28. The van der Waals surface area contributed by atoms with Gasteiger partial charge in [0.1, 0.15) is 5.82 Å². The van der Waals surface area contributed by atoms with Gasteiger partial charge in [-0.1, -0.05) is 0 Å². The van der Waals surface area contributed by atoms with Crippen LogP contribution in [0.15, 0.2) is 30.6 Å². The number of rotatable bonds is 6. The minimum Gasteiger partial charge on any atom is -0.434 e. The molecule has 0 bridgehead atoms. The molecule has 35 heavy (non-hydrogen) atoms. The number of nitrogens with zero attached hydrogens (tertiary/aromatic N) is 3. The number of piperidine rings is 2. The van der Waals surface area contributed by atoms with Gasteiger partial charge in [-0.15, -0.1) is 0 Å². The lowest BCUT2D eigenvalue weighted by Crippen LogP contribution is -2.56. The van der Waals surface area contributed by atoms with Crippen LogP contribution in [0.2, 0.25) is 0 Å². The molecule has 0 saturated carbocycles. The predicted octanol–water partition coefficient (Wildman–Crippen LogP) is 3.36. The van der Waals surface area contributed by atoms with Gasteiger partial charge in [0.25, 0.3) is 5.92 Å². The van der Waals surface area contributed by atoms with Crippen LogP contribution in [0.3, 0.4) is 0 Å². The predicted molar refractivity (Wildman–Crippen MR) is 117 cm³/mol. The fourth-order valence-electron chi connectivity index (χ4n) is 4.40. The molecule has 2 saturated heterocycles. The van der Waals surface area contributed by atoms with Crippen molar-refractivity contribution in [3.05, 3.63) is 42.2 Å². The van der Waals surface area contributed by atoms with Crippen LogP contribution in [-0.4, -0.2) is 58.3 Å². The second-order valence-corrected chi connectivity index (χ2v) is 8.80. The Balaban J connectivity index is 1.35. The van der Waals surface area contributed by atoms with Crippen LogP contribution < -0.4 is 15.4 Å². The van der Waals surface area contributed by atoms with Gasteiger partial charge in [0, 0.05) is 44.5 Å². The van der Waals surface area contributed by atoms with E-state index in [1.54, 1.807) is 11.8 Å². The smallest absolute Gasteiger partial charge is 0.253 e. The molecule has 0 aliphatic carbocycles. The lowest BCUT2D eigenvalue weighted by atomic mass is 9.78. The van der Waals surface area contributed by atoms with Gasteiger partial charge in [0.05, 0.1) is 18.4 Å². The molecule has 8 nitrogen and oxygen atoms in total. The largest absolute Gasteiger partial charge is 0.434 e. The number of hydrogen-bond acceptors (Lipinski definition) is 6. The van der Waals surface area contributed by atoms with E-state index in [1.807, 2.05) is 0 Å². The van der Waals surface area contributed by atoms with E-state index in [1.165, 1.54) is 6.20 Å². The Morgan fingerprint density at radius 1 is 1.29 bits per heavy atom. The van der Waals surface area contributed by atoms with E-state index in [9.17, 15) is 27.2 Å². The molecule has 0 radical (unpaired) electrons. The number of alkyl halides is 2. The van der Waals surface area contributed by atoms with Crippen LogP contribution in [0.1, 0.15) is 26.2 Å². The third-order valence-electron chi connectivity index (χ3n) is 6.49. The first-order valence-corrected chi connectivity index (χ1v) is 11.3. The summed E-state index contributed by atoms with van der Waals surface area (Å²) in [5.74, 6) is -6.62. The topological polar surface area (TPSA) is 96.4 Å². The summed E-state index contributed by atoms with van der Waals surface area (Å²) >= 11 is 0. The maximum absolute atomic E-state index is 14.7. The zero-order valence-electron chi connectivity index (χ0n) is 18.9. The molecule has 4 rings (SSSR count). The van der Waals surface area contributed by atoms with E-state index in [4.69, 9.17) is 4.74 Å². The SMILES string of the molecule is C[C@@H](C(=O)Nc1cnc(Oc2ccc(F)cc2F)cn1)N1CCC(F)(F)[C@@H]([C@H]2CCC(=O)NC2)C1. The van der Waals surface area contributed by atoms with E-state index in [0.717, 1.165) is 18.3 Å². The first kappa shape index (κ1) is 24.8. The Labute approximate surface area is 199 Å². The summed E-state index contributed by atoms with van der Waals surface area (Å²) in [6.45, 7) is 1.92. The molecule has 0 unspecified atom stereocenters. The Kier molecular flexibility index (Phi) is 7.20. The fourth-order valence-corrected chi connectivity index (χ4v) is 4.40. The van der Waals surface area contributed by atoms with Crippen molar-refractivity contribution in [1.29, 1.82) is 0 Å². The molecule has 188 valence electrons. The molecule has 2 amide bonds. The summed E-state index contributed by atoms with van der Waals surface area (Å²) in [6.07, 6.45) is 2.62. The van der Waals surface area contributed by atoms with Crippen LogP contribution in [0.4, 0.5) is 23.4 Å². The van der Waals surface area contributed by atoms with E-state index in [0.29, 0.717) is 12.5 Å². The highest BCUT2D eigenvalue weighted by molar-refractivity contribution is 5.93. The summed E-state index contributed by atoms with van der Waals surface area (Å²) < 4.78 is 61.3. The summed E-state index contributed by atoms with van der Waals surface area (Å²) in [4.78, 5) is 33.9. The molecule has 12 heteroatoms. The molecule has 2 fully saturated rings. The van der Waals surface area contributed by atoms with Gasteiger partial charge in [-0.3, -0.25) is 14.5 Å². The number of carbonyl (C=O) groups is 2. The van der Waals surface area contributed by atoms with Gasteiger partial charge in [0.15, 0.2) is 17.4 Å². The standard InChI is InChI=1S/C23H25F4N5O3/c1-13(32-7-6-23(26,27)16(12-32)14-2-5-20(33)29-9-14)22(34)31-19-10-30-21(11-28-19)35-18-4-3-15(24)8-17(18)25/h3-4,8,10-11,13-14,16H,2,5-7,9,12H2,1H3,(H,29,33)(H,28,31,34)/t13-,14-,16+/m0/s1. The number of aromatic nitrogens is 2. The van der Waals surface area contributed by atoms with Gasteiger partial charge < -0.3 is 15.4 Å². The van der Waals surface area contributed by atoms with Crippen LogP contribution in [0.5, 0.6) is 11.6 Å². The number of halogens is 4. The normalized spacial score (nSPS) is 23.3. The van der Waals surface area contributed by atoms with Gasteiger partial charge in [-0.2, -0.15) is 0 Å². The summed E-state index contributed by atoms with van der Waals surface area (Å²) in [5, 5.41) is 5.25. The lowest BCUT2D eigenvalue weighted by molar-refractivity contribution is -0.145. The number of anilines is 1. The van der Waals surface area contributed by atoms with Gasteiger partial charge in [-0.05, 0) is 31.4 Å². The van der Waals surface area contributed by atoms with E-state index >= 15 is 0 Å². The molecular weight excluding hydrogens is 470 g/mol. The third-order valence-corrected chi connectivity index (χ3v) is 6.49. The van der Waals surface area contributed by atoms with Crippen LogP contribution in [0.25, 0.3) is 0 Å². The highest BCUT2D eigenvalue weighted by atomic mass is 19.3. The summed E-state index contributed by atoms with van der Waals surface area (Å²) in [6, 6.07) is 2.11. The molecule has 1 aromatic carbocycles. The fraction of sp³-hybridized carbons (Fsp3) is 0.478. The maximum Gasteiger partial charge on any atom is 0.253 e. The minimum atomic E-state index is -2.87. The third kappa shape index (κ3) is 5.87. The monoisotopic (exact) mass is 495 g/mol. The molecule has 3 atom stereocenters. The van der Waals surface area contributed by atoms with Gasteiger partial charge >= 0.3 is 0 Å². The first-order chi connectivity index (χ1) is 16.6. The van der Waals surface area contributed by atoms with Crippen molar-refractivity contribution in [2.45, 2.75) is 38.2 Å². The number of nitrogens with one attached hydrogen (secondary N) is 2. The quantitative estimate of drug-likeness (QED) is 0.597. The van der Waals surface area contributed by atoms with Crippen molar-refractivity contribution >= 4 is 17.6 Å². The highest BCUT2D eigenvalue weighted by Gasteiger charge is 2.49. The zero-order chi connectivity index (χ0) is 25.2.